The lowest BCUT2D eigenvalue weighted by atomic mass is 9.71. The van der Waals surface area contributed by atoms with Crippen LogP contribution in [-0.2, 0) is 107 Å². The van der Waals surface area contributed by atoms with Crippen molar-refractivity contribution in [2.24, 2.45) is 5.41 Å². The van der Waals surface area contributed by atoms with Gasteiger partial charge in [-0.25, -0.2) is 28.3 Å². The van der Waals surface area contributed by atoms with Crippen LogP contribution in [0.2, 0.25) is 0 Å². The van der Waals surface area contributed by atoms with E-state index >= 15 is 8.78 Å². The number of imide groups is 1. The fraction of sp³-hybridized carbons (Fsp3) is 0.633. The molecule has 0 saturated carbocycles. The predicted molar refractivity (Wildman–Crippen MR) is 552 cm³/mol. The highest BCUT2D eigenvalue weighted by Gasteiger charge is 2.40. The molecule has 37 nitrogen and oxygen atoms in total. The molecule has 6 aromatic rings. The van der Waals surface area contributed by atoms with Gasteiger partial charge in [-0.3, -0.25) is 48.6 Å². The average molecular weight is 2080 g/mol. The van der Waals surface area contributed by atoms with Crippen LogP contribution in [0, 0.1) is 24.0 Å². The zero-order valence-electron chi connectivity index (χ0n) is 87.4. The van der Waals surface area contributed by atoms with Crippen LogP contribution < -0.4 is 30.9 Å². The number of piperidine rings is 2. The highest BCUT2D eigenvalue weighted by molar-refractivity contribution is 6.08. The molecule has 8 amide bonds. The minimum absolute atomic E-state index is 0.0146. The summed E-state index contributed by atoms with van der Waals surface area (Å²) >= 11 is 0. The van der Waals surface area contributed by atoms with E-state index in [0.29, 0.717) is 222 Å². The standard InChI is InChI=1S/C109H159F2N11O26/c1-6-7-8-9-10-11-15-18-21-44-121(99(126)22-19-16-13-12-14-17-20-23-100(127)128)93(106(132)133)31-33-96(123)113-43-52-137-54-56-139-58-60-141-62-64-143-66-68-145-70-72-147-74-73-146-71-69-144-67-65-142-63-61-140-59-57-138-55-53-136-51-37-97(124)112-42-34-101(129)148-108(3,4)85-29-30-87(90(111)76-85)104(130)117-91-78-86(110)77-88(81(91)2)102-89-79-92(116-103(89)115-80-114-102)83-26-24-82(25-27-83)35-45-119-47-38-109(39-48-119)40-49-120(50-41-109)105(131)84-28-32-95(135-5)94(75-84)122-46-36-98(125)118-107(122)134/h24-30,32,75-80,93H,6-23,31,33-74H2,1-5H3,(H,112,124)(H,113,123)(H,117,130)(H,127,128)(H,132,133)(H,114,115,116)(H,118,125,134). The molecular weight excluding hydrogens is 1920 g/mol. The van der Waals surface area contributed by atoms with Crippen molar-refractivity contribution in [3.8, 4) is 28.3 Å². The Morgan fingerprint density at radius 2 is 1.07 bits per heavy atom. The summed E-state index contributed by atoms with van der Waals surface area (Å²) in [6.45, 7) is 20.7. The molecule has 0 radical (unpaired) electrons. The molecule has 2 aromatic heterocycles. The lowest BCUT2D eigenvalue weighted by Gasteiger charge is -2.47. The maximum atomic E-state index is 16.0. The SMILES string of the molecule is CCCCCCCCCCCN(C(=O)CCCCCCCCCC(=O)O)C(CCC(=O)NCCOCCOCCOCCOCCOCCOCCOCCOCCOCCOCCOCCOCCC(=O)NCCC(=O)OC(C)(C)c1ccc(C(=O)Nc2cc(F)cc(-c3ncnc4[nH]c(-c5ccc(CCN6CCC7(CC6)CCN(C(=O)c6ccc(OC)c(N8CCC(=O)NC8=O)c6)CC7)cc5)cc34)c2C)c(F)c1)C(=O)O. The second-order valence-electron chi connectivity index (χ2n) is 37.9. The summed E-state index contributed by atoms with van der Waals surface area (Å²) in [6, 6.07) is 20.0. The summed E-state index contributed by atoms with van der Waals surface area (Å²) in [5.74, 6) is -5.77. The van der Waals surface area contributed by atoms with E-state index < -0.39 is 53.1 Å². The zero-order chi connectivity index (χ0) is 106. The molecule has 3 fully saturated rings. The van der Waals surface area contributed by atoms with Gasteiger partial charge in [0.2, 0.25) is 23.6 Å². The first-order valence-electron chi connectivity index (χ1n) is 52.9. The number of nitrogens with one attached hydrogen (secondary N) is 5. The summed E-state index contributed by atoms with van der Waals surface area (Å²) in [4.78, 5) is 147. The number of aliphatic carboxylic acids is 2. The van der Waals surface area contributed by atoms with Crippen molar-refractivity contribution in [1.82, 2.24) is 45.6 Å². The van der Waals surface area contributed by atoms with Gasteiger partial charge >= 0.3 is 23.9 Å². The van der Waals surface area contributed by atoms with E-state index in [4.69, 9.17) is 71.4 Å². The summed E-state index contributed by atoms with van der Waals surface area (Å²) in [5.41, 5.74) is 4.46. The van der Waals surface area contributed by atoms with E-state index in [9.17, 15) is 53.1 Å². The second-order valence-corrected chi connectivity index (χ2v) is 37.9. The number of H-pyrrole nitrogens is 1. The number of carbonyl (C=O) groups is 10. The Labute approximate surface area is 868 Å². The van der Waals surface area contributed by atoms with E-state index in [1.54, 1.807) is 39.0 Å². The monoisotopic (exact) mass is 2080 g/mol. The number of carbonyl (C=O) groups excluding carboxylic acids is 8. The highest BCUT2D eigenvalue weighted by atomic mass is 19.1. The molecule has 7 N–H and O–H groups in total. The number of unbranched alkanes of at least 4 members (excludes halogenated alkanes) is 14. The number of amides is 8. The first-order valence-corrected chi connectivity index (χ1v) is 52.9. The van der Waals surface area contributed by atoms with Crippen molar-refractivity contribution in [2.45, 2.75) is 219 Å². The van der Waals surface area contributed by atoms with Gasteiger partial charge in [-0.05, 0) is 168 Å². The highest BCUT2D eigenvalue weighted by Crippen LogP contribution is 2.43. The third-order valence-electron chi connectivity index (χ3n) is 26.6. The number of esters is 1. The topological polar surface area (TPSA) is 443 Å². The number of hydrogen-bond donors (Lipinski definition) is 7. The van der Waals surface area contributed by atoms with Crippen molar-refractivity contribution < 1.29 is 133 Å². The molecule has 3 aliphatic heterocycles. The summed E-state index contributed by atoms with van der Waals surface area (Å²) in [5, 5.41) is 30.2. The Kier molecular flexibility index (Phi) is 56.3. The fourth-order valence-corrected chi connectivity index (χ4v) is 17.8. The van der Waals surface area contributed by atoms with Crippen LogP contribution in [0.3, 0.4) is 0 Å². The Bertz CT molecular complexity index is 5000. The van der Waals surface area contributed by atoms with E-state index in [1.807, 2.05) is 11.0 Å². The van der Waals surface area contributed by atoms with Crippen molar-refractivity contribution >= 4 is 81.8 Å². The minimum Gasteiger partial charge on any atom is -0.495 e. The predicted octanol–water partition coefficient (Wildman–Crippen LogP) is 14.3. The number of methoxy groups -OCH3 is 1. The van der Waals surface area contributed by atoms with Gasteiger partial charge < -0.3 is 112 Å². The minimum atomic E-state index is -1.34. The second kappa shape index (κ2) is 68.9. The third kappa shape index (κ3) is 44.5. The van der Waals surface area contributed by atoms with Crippen LogP contribution in [0.1, 0.15) is 232 Å². The maximum absolute atomic E-state index is 16.0. The Morgan fingerprint density at radius 3 is 1.61 bits per heavy atom. The quantitative estimate of drug-likeness (QED) is 0.0138. The Morgan fingerprint density at radius 1 is 0.547 bits per heavy atom. The van der Waals surface area contributed by atoms with Crippen molar-refractivity contribution in [1.29, 1.82) is 0 Å². The smallest absolute Gasteiger partial charge is 0.328 e. The molecule has 0 bridgehead atoms. The van der Waals surface area contributed by atoms with Crippen LogP contribution in [-0.4, -0.2) is 330 Å². The Balaban J connectivity index is 0.509. The molecule has 820 valence electrons. The molecule has 0 aliphatic carbocycles. The van der Waals surface area contributed by atoms with Crippen molar-refractivity contribution in [3.05, 3.63) is 125 Å². The number of urea groups is 1. The van der Waals surface area contributed by atoms with Crippen molar-refractivity contribution in [2.75, 3.05) is 235 Å². The normalized spacial score (nSPS) is 14.0. The number of halogens is 2. The molecule has 4 aromatic carbocycles. The zero-order valence-corrected chi connectivity index (χ0v) is 87.4. The van der Waals surface area contributed by atoms with Gasteiger partial charge in [-0.15, -0.1) is 0 Å². The van der Waals surface area contributed by atoms with Gasteiger partial charge in [0.1, 0.15) is 41.0 Å². The number of fused-ring (bicyclic) bond motifs is 1. The molecule has 1 unspecified atom stereocenters. The van der Waals surface area contributed by atoms with Crippen LogP contribution >= 0.6 is 0 Å². The van der Waals surface area contributed by atoms with Gasteiger partial charge in [0, 0.05) is 106 Å². The summed E-state index contributed by atoms with van der Waals surface area (Å²) in [6.07, 6.45) is 22.4. The Hall–Kier alpha value is -10.7. The maximum Gasteiger partial charge on any atom is 0.328 e. The van der Waals surface area contributed by atoms with Gasteiger partial charge in [0.05, 0.1) is 189 Å². The number of carboxylic acids is 2. The number of nitrogens with zero attached hydrogens (tertiary/aromatic N) is 6. The molecule has 148 heavy (non-hydrogen) atoms. The van der Waals surface area contributed by atoms with Gasteiger partial charge in [0.15, 0.2) is 0 Å². The molecule has 1 atom stereocenters. The fourth-order valence-electron chi connectivity index (χ4n) is 17.8. The molecule has 3 aliphatic rings. The number of likely N-dealkylation sites (tertiary alicyclic amines) is 2. The lowest BCUT2D eigenvalue weighted by molar-refractivity contribution is -0.157. The number of rotatable bonds is 79. The average Bonchev–Trinajstić information content (AvgIpc) is 1.40. The molecular formula is C109H159F2N11O26. The van der Waals surface area contributed by atoms with Crippen LogP contribution in [0.4, 0.5) is 25.0 Å². The largest absolute Gasteiger partial charge is 0.495 e. The lowest BCUT2D eigenvalue weighted by Crippen LogP contribution is -2.50. The van der Waals surface area contributed by atoms with Crippen LogP contribution in [0.25, 0.3) is 33.5 Å². The number of benzene rings is 4. The number of aromatic amines is 1. The van der Waals surface area contributed by atoms with Gasteiger partial charge in [-0.2, -0.15) is 0 Å². The molecule has 39 heteroatoms. The van der Waals surface area contributed by atoms with Crippen LogP contribution in [0.5, 0.6) is 5.75 Å². The molecule has 9 rings (SSSR count). The molecule has 3 saturated heterocycles. The van der Waals surface area contributed by atoms with E-state index in [1.165, 1.54) is 79.1 Å². The number of anilines is 2. The van der Waals surface area contributed by atoms with Crippen molar-refractivity contribution in [3.63, 3.8) is 0 Å². The number of carboxylic acid groups (broad SMARTS) is 2. The first-order chi connectivity index (χ1) is 71.8. The van der Waals surface area contributed by atoms with E-state index in [2.05, 4.69) is 72.3 Å². The first kappa shape index (κ1) is 121. The number of aromatic nitrogens is 3. The van der Waals surface area contributed by atoms with Gasteiger partial charge in [-0.1, -0.05) is 121 Å². The third-order valence-corrected chi connectivity index (χ3v) is 26.6. The van der Waals surface area contributed by atoms with E-state index in [-0.39, 0.29) is 136 Å². The number of hydrogen-bond acceptors (Lipinski definition) is 27. The summed E-state index contributed by atoms with van der Waals surface area (Å²) < 4.78 is 110. The molecule has 5 heterocycles. The summed E-state index contributed by atoms with van der Waals surface area (Å²) in [7, 11) is 1.50. The number of ether oxygens (including phenoxy) is 14. The van der Waals surface area contributed by atoms with E-state index in [0.717, 1.165) is 126 Å². The van der Waals surface area contributed by atoms with Gasteiger partial charge in [0.25, 0.3) is 11.8 Å². The molecule has 1 spiro atoms. The van der Waals surface area contributed by atoms with Crippen LogP contribution in [0.15, 0.2) is 85.2 Å².